The number of ether oxygens (including phenoxy) is 6. The largest absolute Gasteiger partial charge is 0.393 e. The molecule has 4 aliphatic carbocycles. The minimum Gasteiger partial charge on any atom is -0.393 e. The summed E-state index contributed by atoms with van der Waals surface area (Å²) in [5.74, 6) is -0.838. The minimum absolute atomic E-state index is 0.0641. The van der Waals surface area contributed by atoms with E-state index in [1.807, 2.05) is 20.8 Å². The van der Waals surface area contributed by atoms with Gasteiger partial charge in [-0.15, -0.1) is 0 Å². The van der Waals surface area contributed by atoms with Gasteiger partial charge in [0.1, 0.15) is 36.6 Å². The van der Waals surface area contributed by atoms with Crippen molar-refractivity contribution in [1.82, 2.24) is 0 Å². The first-order chi connectivity index (χ1) is 24.9. The molecule has 308 valence electrons. The fourth-order valence-electron chi connectivity index (χ4n) is 12.4. The topological polar surface area (TPSA) is 217 Å². The third kappa shape index (κ3) is 7.28. The maximum atomic E-state index is 12.6. The second-order valence-electron chi connectivity index (χ2n) is 18.4. The number of aliphatic hydroxyl groups excluding tert-OH is 7. The summed E-state index contributed by atoms with van der Waals surface area (Å²) in [5.41, 5.74) is -2.23. The van der Waals surface area contributed by atoms with Crippen molar-refractivity contribution in [2.24, 2.45) is 46.3 Å². The molecular formula is C39H68O14. The summed E-state index contributed by atoms with van der Waals surface area (Å²) >= 11 is 0. The van der Waals surface area contributed by atoms with Crippen LogP contribution in [0.3, 0.4) is 0 Å². The summed E-state index contributed by atoms with van der Waals surface area (Å²) in [6.45, 7) is 10.5. The molecule has 21 unspecified atom stereocenters. The van der Waals surface area contributed by atoms with Crippen LogP contribution >= 0.6 is 0 Å². The summed E-state index contributed by atoms with van der Waals surface area (Å²) in [4.78, 5) is 0. The van der Waals surface area contributed by atoms with E-state index in [4.69, 9.17) is 28.4 Å². The van der Waals surface area contributed by atoms with Crippen LogP contribution in [0.25, 0.3) is 0 Å². The van der Waals surface area contributed by atoms with Crippen molar-refractivity contribution in [3.05, 3.63) is 0 Å². The van der Waals surface area contributed by atoms with Crippen LogP contribution in [0, 0.1) is 46.3 Å². The van der Waals surface area contributed by atoms with Crippen molar-refractivity contribution < 1.29 is 69.3 Å². The maximum absolute atomic E-state index is 12.6. The van der Waals surface area contributed by atoms with Crippen LogP contribution in [0.15, 0.2) is 0 Å². The Bertz CT molecular complexity index is 1230. The molecule has 0 spiro atoms. The molecule has 2 saturated heterocycles. The molecule has 0 aromatic rings. The van der Waals surface area contributed by atoms with E-state index >= 15 is 0 Å². The average molecular weight is 761 g/mol. The second-order valence-corrected chi connectivity index (χ2v) is 18.4. The van der Waals surface area contributed by atoms with Gasteiger partial charge in [-0.25, -0.2) is 0 Å². The van der Waals surface area contributed by atoms with Gasteiger partial charge in [-0.3, -0.25) is 0 Å². The van der Waals surface area contributed by atoms with Crippen molar-refractivity contribution in [2.45, 2.75) is 171 Å². The van der Waals surface area contributed by atoms with E-state index in [0.717, 1.165) is 19.3 Å². The van der Waals surface area contributed by atoms with E-state index < -0.39 is 96.5 Å². The van der Waals surface area contributed by atoms with E-state index in [-0.39, 0.29) is 54.8 Å². The normalized spacial score (nSPS) is 52.5. The molecule has 6 aliphatic rings. The van der Waals surface area contributed by atoms with Crippen molar-refractivity contribution in [2.75, 3.05) is 27.4 Å². The molecule has 0 aromatic carbocycles. The van der Waals surface area contributed by atoms with Crippen LogP contribution in [0.1, 0.15) is 86.0 Å². The zero-order valence-corrected chi connectivity index (χ0v) is 32.6. The number of fused-ring (bicyclic) bond motifs is 5. The molecule has 2 aliphatic heterocycles. The zero-order chi connectivity index (χ0) is 38.8. The molecule has 6 fully saturated rings. The number of hydrogen-bond acceptors (Lipinski definition) is 14. The fraction of sp³-hybridized carbons (Fsp3) is 1.00. The number of hydrogen-bond donors (Lipinski definition) is 8. The molecule has 0 radical (unpaired) electrons. The summed E-state index contributed by atoms with van der Waals surface area (Å²) < 4.78 is 34.5. The molecule has 0 bridgehead atoms. The predicted octanol–water partition coefficient (Wildman–Crippen LogP) is 0.702. The Morgan fingerprint density at radius 2 is 1.47 bits per heavy atom. The van der Waals surface area contributed by atoms with Gasteiger partial charge in [-0.05, 0) is 79.4 Å². The van der Waals surface area contributed by atoms with Crippen molar-refractivity contribution >= 4 is 0 Å². The first-order valence-electron chi connectivity index (χ1n) is 20.0. The lowest BCUT2D eigenvalue weighted by Crippen LogP contribution is -2.70. The van der Waals surface area contributed by atoms with Gasteiger partial charge < -0.3 is 69.3 Å². The lowest BCUT2D eigenvalue weighted by Gasteiger charge is -2.66. The van der Waals surface area contributed by atoms with E-state index in [9.17, 15) is 40.9 Å². The van der Waals surface area contributed by atoms with Gasteiger partial charge in [0, 0.05) is 32.5 Å². The molecule has 53 heavy (non-hydrogen) atoms. The molecule has 0 aromatic heterocycles. The third-order valence-electron chi connectivity index (χ3n) is 15.2. The van der Waals surface area contributed by atoms with Crippen LogP contribution in [-0.4, -0.2) is 154 Å². The molecule has 0 amide bonds. The standard InChI is InChI=1S/C39H68O14/c1-18(2)24(52-35-32(46)30(44)26(53-35)17-51-36-33(49-7)31(45)25(48-6)16-50-36)9-8-19(3)20-14-22(41)34-37(20,4)13-11-27-38(5)12-10-21(40)29(43)28(38)23(42)15-39(27,34)47/h18-36,40-47H,8-17H2,1-7H3. The Morgan fingerprint density at radius 1 is 0.774 bits per heavy atom. The van der Waals surface area contributed by atoms with E-state index in [1.54, 1.807) is 0 Å². The monoisotopic (exact) mass is 760 g/mol. The summed E-state index contributed by atoms with van der Waals surface area (Å²) in [6, 6.07) is 0. The second kappa shape index (κ2) is 16.0. The molecule has 6 rings (SSSR count). The zero-order valence-electron chi connectivity index (χ0n) is 32.6. The Morgan fingerprint density at radius 3 is 2.13 bits per heavy atom. The summed E-state index contributed by atoms with van der Waals surface area (Å²) in [7, 11) is 2.91. The predicted molar refractivity (Wildman–Crippen MR) is 189 cm³/mol. The highest BCUT2D eigenvalue weighted by molar-refractivity contribution is 5.21. The van der Waals surface area contributed by atoms with Crippen LogP contribution in [0.2, 0.25) is 0 Å². The number of methoxy groups -OCH3 is 2. The molecule has 14 nitrogen and oxygen atoms in total. The van der Waals surface area contributed by atoms with Crippen molar-refractivity contribution in [3.63, 3.8) is 0 Å². The van der Waals surface area contributed by atoms with Crippen LogP contribution in [0.4, 0.5) is 0 Å². The highest BCUT2D eigenvalue weighted by Gasteiger charge is 2.71. The molecule has 8 N–H and O–H groups in total. The fourth-order valence-corrected chi connectivity index (χ4v) is 12.4. The highest BCUT2D eigenvalue weighted by atomic mass is 16.7. The van der Waals surface area contributed by atoms with Gasteiger partial charge in [-0.1, -0.05) is 34.6 Å². The third-order valence-corrected chi connectivity index (χ3v) is 15.2. The maximum Gasteiger partial charge on any atom is 0.186 e. The average Bonchev–Trinajstić information content (AvgIpc) is 3.53. The van der Waals surface area contributed by atoms with Crippen molar-refractivity contribution in [1.29, 1.82) is 0 Å². The Balaban J connectivity index is 1.07. The first-order valence-corrected chi connectivity index (χ1v) is 20.0. The molecule has 2 heterocycles. The quantitative estimate of drug-likeness (QED) is 0.138. The molecule has 4 saturated carbocycles. The van der Waals surface area contributed by atoms with E-state index in [2.05, 4.69) is 13.8 Å². The lowest BCUT2D eigenvalue weighted by atomic mass is 9.41. The molecule has 14 heteroatoms. The minimum atomic E-state index is -1.31. The van der Waals surface area contributed by atoms with Crippen LogP contribution in [-0.2, 0) is 28.4 Å². The Kier molecular flexibility index (Phi) is 12.7. The summed E-state index contributed by atoms with van der Waals surface area (Å²) in [5, 5.41) is 89.6. The molecular weight excluding hydrogens is 692 g/mol. The van der Waals surface area contributed by atoms with Gasteiger partial charge >= 0.3 is 0 Å². The number of aliphatic hydroxyl groups is 8. The van der Waals surface area contributed by atoms with Crippen LogP contribution in [0.5, 0.6) is 0 Å². The smallest absolute Gasteiger partial charge is 0.186 e. The van der Waals surface area contributed by atoms with Gasteiger partial charge in [0.15, 0.2) is 12.6 Å². The SMILES string of the molecule is COC1COC(OCC2OC(OC(CCC(C)C3CC(O)C4C3(C)CCC3C5(C)CCC(O)C(O)C5C(O)CC34O)C(C)C)C(O)C2O)C(OC)C1O. The first kappa shape index (κ1) is 42.1. The highest BCUT2D eigenvalue weighted by Crippen LogP contribution is 2.70. The lowest BCUT2D eigenvalue weighted by molar-refractivity contribution is -0.287. The Labute approximate surface area is 314 Å². The van der Waals surface area contributed by atoms with E-state index in [1.165, 1.54) is 14.2 Å². The van der Waals surface area contributed by atoms with Gasteiger partial charge in [0.2, 0.25) is 0 Å². The van der Waals surface area contributed by atoms with Crippen molar-refractivity contribution in [3.8, 4) is 0 Å². The number of rotatable bonds is 12. The van der Waals surface area contributed by atoms with Gasteiger partial charge in [0.25, 0.3) is 0 Å². The van der Waals surface area contributed by atoms with Crippen LogP contribution < -0.4 is 0 Å². The van der Waals surface area contributed by atoms with Gasteiger partial charge in [-0.2, -0.15) is 0 Å². The van der Waals surface area contributed by atoms with Gasteiger partial charge in [0.05, 0.1) is 49.3 Å². The molecule has 21 atom stereocenters. The summed E-state index contributed by atoms with van der Waals surface area (Å²) in [6.07, 6.45) is -7.28. The van der Waals surface area contributed by atoms with E-state index in [0.29, 0.717) is 25.7 Å². The Hall–Kier alpha value is -0.560.